The average Bonchev–Trinajstić information content (AvgIpc) is 2.28. The fourth-order valence-electron chi connectivity index (χ4n) is 1.32. The summed E-state index contributed by atoms with van der Waals surface area (Å²) in [5.74, 6) is -0.794. The van der Waals surface area contributed by atoms with Crippen molar-refractivity contribution in [1.29, 1.82) is 0 Å². The number of hydrogen-bond donors (Lipinski definition) is 0. The molecule has 0 unspecified atom stereocenters. The van der Waals surface area contributed by atoms with Crippen LogP contribution in [0.5, 0.6) is 0 Å². The summed E-state index contributed by atoms with van der Waals surface area (Å²) in [5.41, 5.74) is 0. The van der Waals surface area contributed by atoms with Gasteiger partial charge in [-0.25, -0.2) is 0 Å². The van der Waals surface area contributed by atoms with Crippen LogP contribution in [0.4, 0.5) is 0 Å². The number of hydrogen-bond acceptors (Lipinski definition) is 3. The summed E-state index contributed by atoms with van der Waals surface area (Å²) < 4.78 is 0. The van der Waals surface area contributed by atoms with E-state index in [2.05, 4.69) is 19.7 Å². The molecule has 16 heavy (non-hydrogen) atoms. The van der Waals surface area contributed by atoms with E-state index in [1.165, 1.54) is 18.2 Å². The molecule has 0 aliphatic heterocycles. The molecular formula is C13H16O3. The van der Waals surface area contributed by atoms with Gasteiger partial charge in [-0.05, 0) is 24.1 Å². The summed E-state index contributed by atoms with van der Waals surface area (Å²) >= 11 is 0. The Balaban J connectivity index is 4.48. The summed E-state index contributed by atoms with van der Waals surface area (Å²) in [6.45, 7) is 10.1. The molecule has 0 aromatic carbocycles. The maximum atomic E-state index is 11.2. The number of carbonyl (C=O) groups is 3. The summed E-state index contributed by atoms with van der Waals surface area (Å²) in [6, 6.07) is 0. The summed E-state index contributed by atoms with van der Waals surface area (Å²) in [6.07, 6.45) is 4.06. The van der Waals surface area contributed by atoms with Crippen molar-refractivity contribution in [3.05, 3.63) is 38.0 Å². The van der Waals surface area contributed by atoms with Crippen molar-refractivity contribution in [2.24, 2.45) is 5.92 Å². The van der Waals surface area contributed by atoms with Crippen LogP contribution in [0.25, 0.3) is 0 Å². The highest BCUT2D eigenvalue weighted by atomic mass is 16.1. The van der Waals surface area contributed by atoms with Crippen LogP contribution in [-0.4, -0.2) is 17.3 Å². The highest BCUT2D eigenvalue weighted by molar-refractivity contribution is 5.94. The van der Waals surface area contributed by atoms with E-state index in [0.717, 1.165) is 0 Å². The second-order valence-electron chi connectivity index (χ2n) is 3.49. The minimum absolute atomic E-state index is 0.155. The second kappa shape index (κ2) is 7.51. The van der Waals surface area contributed by atoms with Crippen molar-refractivity contribution >= 4 is 17.3 Å². The van der Waals surface area contributed by atoms with Crippen LogP contribution >= 0.6 is 0 Å². The Morgan fingerprint density at radius 2 is 1.00 bits per heavy atom. The Morgan fingerprint density at radius 3 is 1.19 bits per heavy atom. The minimum Gasteiger partial charge on any atom is -0.295 e. The average molecular weight is 220 g/mol. The van der Waals surface area contributed by atoms with E-state index < -0.39 is 0 Å². The van der Waals surface area contributed by atoms with Crippen molar-refractivity contribution in [3.63, 3.8) is 0 Å². The number of rotatable bonds is 9. The van der Waals surface area contributed by atoms with Gasteiger partial charge in [0.25, 0.3) is 0 Å². The zero-order valence-electron chi connectivity index (χ0n) is 9.28. The third-order valence-electron chi connectivity index (χ3n) is 2.15. The topological polar surface area (TPSA) is 51.2 Å². The SMILES string of the molecule is C=CC(=O)CC(CC(=O)C=C)CC(=O)C=C. The van der Waals surface area contributed by atoms with Crippen LogP contribution in [0.3, 0.4) is 0 Å². The van der Waals surface area contributed by atoms with Gasteiger partial charge in [0, 0.05) is 19.3 Å². The van der Waals surface area contributed by atoms with Crippen LogP contribution in [0, 0.1) is 5.92 Å². The van der Waals surface area contributed by atoms with Crippen molar-refractivity contribution < 1.29 is 14.4 Å². The monoisotopic (exact) mass is 220 g/mol. The van der Waals surface area contributed by atoms with E-state index in [4.69, 9.17) is 0 Å². The molecule has 0 amide bonds. The van der Waals surface area contributed by atoms with E-state index in [1.807, 2.05) is 0 Å². The van der Waals surface area contributed by atoms with Crippen LogP contribution in [0.2, 0.25) is 0 Å². The molecule has 0 aliphatic carbocycles. The number of carbonyl (C=O) groups excluding carboxylic acids is 3. The highest BCUT2D eigenvalue weighted by Crippen LogP contribution is 2.16. The highest BCUT2D eigenvalue weighted by Gasteiger charge is 2.17. The molecule has 0 heterocycles. The molecule has 3 nitrogen and oxygen atoms in total. The first-order valence-electron chi connectivity index (χ1n) is 4.99. The van der Waals surface area contributed by atoms with Crippen molar-refractivity contribution in [2.45, 2.75) is 19.3 Å². The molecular weight excluding hydrogens is 204 g/mol. The molecule has 0 aliphatic rings. The molecule has 0 saturated heterocycles. The Kier molecular flexibility index (Phi) is 6.68. The van der Waals surface area contributed by atoms with Crippen LogP contribution in [0.1, 0.15) is 19.3 Å². The molecule has 0 atom stereocenters. The third kappa shape index (κ3) is 5.86. The molecule has 0 bridgehead atoms. The molecule has 3 heteroatoms. The van der Waals surface area contributed by atoms with Crippen molar-refractivity contribution in [1.82, 2.24) is 0 Å². The van der Waals surface area contributed by atoms with Gasteiger partial charge in [-0.2, -0.15) is 0 Å². The Morgan fingerprint density at radius 1 is 0.750 bits per heavy atom. The Bertz CT molecular complexity index is 274. The molecule has 0 spiro atoms. The lowest BCUT2D eigenvalue weighted by Gasteiger charge is -2.11. The van der Waals surface area contributed by atoms with Crippen molar-refractivity contribution in [2.75, 3.05) is 0 Å². The molecule has 0 N–H and O–H groups in total. The zero-order valence-corrected chi connectivity index (χ0v) is 9.28. The largest absolute Gasteiger partial charge is 0.295 e. The van der Waals surface area contributed by atoms with Gasteiger partial charge in [-0.15, -0.1) is 0 Å². The van der Waals surface area contributed by atoms with Gasteiger partial charge in [-0.1, -0.05) is 19.7 Å². The van der Waals surface area contributed by atoms with Gasteiger partial charge < -0.3 is 0 Å². The normalized spacial score (nSPS) is 9.56. The van der Waals surface area contributed by atoms with E-state index in [9.17, 15) is 14.4 Å². The molecule has 0 aromatic rings. The standard InChI is InChI=1S/C13H16O3/c1-4-11(14)7-10(8-12(15)5-2)9-13(16)6-3/h4-6,10H,1-3,7-9H2. The quantitative estimate of drug-likeness (QED) is 0.559. The third-order valence-corrected chi connectivity index (χ3v) is 2.15. The first-order valence-corrected chi connectivity index (χ1v) is 4.99. The minimum atomic E-state index is -0.290. The van der Waals surface area contributed by atoms with Crippen molar-refractivity contribution in [3.8, 4) is 0 Å². The Hall–Kier alpha value is -1.77. The zero-order chi connectivity index (χ0) is 12.6. The molecule has 0 saturated carbocycles. The summed E-state index contributed by atoms with van der Waals surface area (Å²) in [5, 5.41) is 0. The maximum Gasteiger partial charge on any atom is 0.155 e. The molecule has 0 rings (SSSR count). The first kappa shape index (κ1) is 14.2. The lowest BCUT2D eigenvalue weighted by molar-refractivity contribution is -0.119. The lowest BCUT2D eigenvalue weighted by Crippen LogP contribution is -2.14. The predicted molar refractivity (Wildman–Crippen MR) is 63.0 cm³/mol. The van der Waals surface area contributed by atoms with Gasteiger partial charge in [-0.3, -0.25) is 14.4 Å². The first-order chi connectivity index (χ1) is 7.53. The van der Waals surface area contributed by atoms with E-state index in [0.29, 0.717) is 0 Å². The van der Waals surface area contributed by atoms with Gasteiger partial charge in [0.2, 0.25) is 0 Å². The smallest absolute Gasteiger partial charge is 0.155 e. The van der Waals surface area contributed by atoms with Crippen LogP contribution in [0.15, 0.2) is 38.0 Å². The Labute approximate surface area is 95.5 Å². The van der Waals surface area contributed by atoms with Gasteiger partial charge in [0.05, 0.1) is 0 Å². The fourth-order valence-corrected chi connectivity index (χ4v) is 1.32. The van der Waals surface area contributed by atoms with E-state index in [-0.39, 0.29) is 42.5 Å². The number of allylic oxidation sites excluding steroid dienone is 3. The van der Waals surface area contributed by atoms with Gasteiger partial charge in [0.1, 0.15) is 0 Å². The maximum absolute atomic E-state index is 11.2. The number of ketones is 3. The van der Waals surface area contributed by atoms with E-state index >= 15 is 0 Å². The van der Waals surface area contributed by atoms with Gasteiger partial charge in [0.15, 0.2) is 17.3 Å². The molecule has 0 aromatic heterocycles. The van der Waals surface area contributed by atoms with Crippen LogP contribution < -0.4 is 0 Å². The molecule has 0 fully saturated rings. The summed E-state index contributed by atoms with van der Waals surface area (Å²) in [7, 11) is 0. The fraction of sp³-hybridized carbons (Fsp3) is 0.308. The van der Waals surface area contributed by atoms with Crippen LogP contribution in [-0.2, 0) is 14.4 Å². The van der Waals surface area contributed by atoms with E-state index in [1.54, 1.807) is 0 Å². The molecule has 0 radical (unpaired) electrons. The summed E-state index contributed by atoms with van der Waals surface area (Å²) in [4.78, 5) is 33.5. The lowest BCUT2D eigenvalue weighted by atomic mass is 9.91. The predicted octanol–water partition coefficient (Wildman–Crippen LogP) is 2.04. The second-order valence-corrected chi connectivity index (χ2v) is 3.49. The van der Waals surface area contributed by atoms with Gasteiger partial charge >= 0.3 is 0 Å². The molecule has 86 valence electrons.